The van der Waals surface area contributed by atoms with Gasteiger partial charge in [-0.05, 0) is 31.9 Å². The Labute approximate surface area is 133 Å². The summed E-state index contributed by atoms with van der Waals surface area (Å²) in [6.07, 6.45) is 2.06. The third-order valence-electron chi connectivity index (χ3n) is 3.91. The molecule has 5 heteroatoms. The molecule has 122 valence electrons. The number of carbonyl (C=O) groups excluding carboxylic acids is 1. The minimum atomic E-state index is -0.127. The second-order valence-corrected chi connectivity index (χ2v) is 6.44. The van der Waals surface area contributed by atoms with Crippen molar-refractivity contribution in [2.75, 3.05) is 13.1 Å². The summed E-state index contributed by atoms with van der Waals surface area (Å²) in [5.41, 5.74) is 0.877. The number of hydrogen-bond donors (Lipinski definition) is 1. The number of carbonyl (C=O) groups is 1. The summed E-state index contributed by atoms with van der Waals surface area (Å²) >= 11 is 0. The average Bonchev–Trinajstić information content (AvgIpc) is 2.45. The molecule has 0 bridgehead atoms. The Balaban J connectivity index is 1.99. The van der Waals surface area contributed by atoms with Gasteiger partial charge < -0.3 is 10.1 Å². The van der Waals surface area contributed by atoms with Crippen molar-refractivity contribution in [1.82, 2.24) is 15.2 Å². The largest absolute Gasteiger partial charge is 0.373 e. The summed E-state index contributed by atoms with van der Waals surface area (Å²) < 4.78 is 5.77. The number of ether oxygens (including phenoxy) is 1. The number of aromatic nitrogens is 1. The summed E-state index contributed by atoms with van der Waals surface area (Å²) in [5.74, 6) is 0.322. The maximum absolute atomic E-state index is 12.6. The first-order valence-electron chi connectivity index (χ1n) is 8.04. The number of nitrogens with one attached hydrogen (secondary N) is 1. The van der Waals surface area contributed by atoms with E-state index in [0.717, 1.165) is 18.8 Å². The van der Waals surface area contributed by atoms with E-state index in [9.17, 15) is 4.79 Å². The lowest BCUT2D eigenvalue weighted by Gasteiger charge is -2.41. The van der Waals surface area contributed by atoms with E-state index in [2.05, 4.69) is 42.9 Å². The normalized spacial score (nSPS) is 24.2. The molecule has 3 unspecified atom stereocenters. The number of pyridine rings is 1. The lowest BCUT2D eigenvalue weighted by molar-refractivity contribution is -0.135. The van der Waals surface area contributed by atoms with Crippen LogP contribution in [0.3, 0.4) is 0 Å². The molecule has 1 aromatic heterocycles. The molecule has 1 fully saturated rings. The Morgan fingerprint density at radius 1 is 1.36 bits per heavy atom. The van der Waals surface area contributed by atoms with E-state index in [0.29, 0.717) is 6.54 Å². The molecule has 3 atom stereocenters. The molecule has 0 spiro atoms. The first kappa shape index (κ1) is 16.9. The molecular weight excluding hydrogens is 278 g/mol. The van der Waals surface area contributed by atoms with E-state index in [1.165, 1.54) is 0 Å². The topological polar surface area (TPSA) is 54.5 Å². The van der Waals surface area contributed by atoms with E-state index in [-0.39, 0.29) is 30.1 Å². The van der Waals surface area contributed by atoms with Gasteiger partial charge in [-0.3, -0.25) is 14.7 Å². The van der Waals surface area contributed by atoms with Gasteiger partial charge in [0.2, 0.25) is 5.91 Å². The van der Waals surface area contributed by atoms with Crippen LogP contribution < -0.4 is 5.32 Å². The third-order valence-corrected chi connectivity index (χ3v) is 3.91. The molecule has 1 aromatic rings. The summed E-state index contributed by atoms with van der Waals surface area (Å²) in [7, 11) is 0. The zero-order valence-corrected chi connectivity index (χ0v) is 14.0. The van der Waals surface area contributed by atoms with Crippen LogP contribution in [0.4, 0.5) is 0 Å². The molecule has 0 saturated carbocycles. The molecule has 2 rings (SSSR count). The molecule has 0 radical (unpaired) electrons. The van der Waals surface area contributed by atoms with Crippen LogP contribution in [0, 0.1) is 5.92 Å². The molecule has 5 nitrogen and oxygen atoms in total. The van der Waals surface area contributed by atoms with Gasteiger partial charge in [-0.15, -0.1) is 0 Å². The smallest absolute Gasteiger partial charge is 0.237 e. The maximum Gasteiger partial charge on any atom is 0.237 e. The monoisotopic (exact) mass is 305 g/mol. The van der Waals surface area contributed by atoms with Gasteiger partial charge >= 0.3 is 0 Å². The highest BCUT2D eigenvalue weighted by molar-refractivity contribution is 5.82. The van der Waals surface area contributed by atoms with Crippen LogP contribution >= 0.6 is 0 Å². The molecule has 22 heavy (non-hydrogen) atoms. The Bertz CT molecular complexity index is 468. The minimum Gasteiger partial charge on any atom is -0.373 e. The summed E-state index contributed by atoms with van der Waals surface area (Å²) in [6.45, 7) is 10.4. The van der Waals surface area contributed by atoms with Gasteiger partial charge in [-0.1, -0.05) is 19.9 Å². The van der Waals surface area contributed by atoms with Crippen LogP contribution in [0.1, 0.15) is 33.4 Å². The van der Waals surface area contributed by atoms with Crippen LogP contribution in [0.2, 0.25) is 0 Å². The lowest BCUT2D eigenvalue weighted by Crippen LogP contribution is -2.56. The first-order chi connectivity index (χ1) is 10.5. The van der Waals surface area contributed by atoms with Gasteiger partial charge in [0.1, 0.15) is 0 Å². The predicted octanol–water partition coefficient (Wildman–Crippen LogP) is 1.83. The van der Waals surface area contributed by atoms with E-state index < -0.39 is 0 Å². The van der Waals surface area contributed by atoms with Crippen LogP contribution in [-0.4, -0.2) is 47.1 Å². The van der Waals surface area contributed by atoms with E-state index in [1.54, 1.807) is 6.20 Å². The van der Waals surface area contributed by atoms with Gasteiger partial charge in [0, 0.05) is 19.3 Å². The zero-order valence-electron chi connectivity index (χ0n) is 14.0. The molecule has 1 saturated heterocycles. The highest BCUT2D eigenvalue weighted by Crippen LogP contribution is 2.18. The van der Waals surface area contributed by atoms with Gasteiger partial charge in [0.25, 0.3) is 0 Å². The molecule has 1 amide bonds. The third kappa shape index (κ3) is 4.52. The van der Waals surface area contributed by atoms with Gasteiger partial charge in [0.05, 0.1) is 30.5 Å². The number of nitrogens with zero attached hydrogens (tertiary/aromatic N) is 2. The molecule has 1 aliphatic heterocycles. The average molecular weight is 305 g/mol. The van der Waals surface area contributed by atoms with Gasteiger partial charge in [-0.25, -0.2) is 0 Å². The second-order valence-electron chi connectivity index (χ2n) is 6.44. The van der Waals surface area contributed by atoms with Crippen LogP contribution in [0.5, 0.6) is 0 Å². The molecule has 0 aliphatic carbocycles. The number of rotatable bonds is 5. The highest BCUT2D eigenvalue weighted by atomic mass is 16.5. The number of hydrogen-bond acceptors (Lipinski definition) is 4. The standard InChI is InChI=1S/C17H27N3O2/c1-12(2)16(20-10-13(3)22-14(4)11-20)17(21)19-9-15-7-5-6-8-18-15/h5-8,12-14,16H,9-11H2,1-4H3,(H,19,21). The predicted molar refractivity (Wildman–Crippen MR) is 86.3 cm³/mol. The van der Waals surface area contributed by atoms with Crippen molar-refractivity contribution in [1.29, 1.82) is 0 Å². The number of morpholine rings is 1. The highest BCUT2D eigenvalue weighted by Gasteiger charge is 2.33. The van der Waals surface area contributed by atoms with Crippen molar-refractivity contribution < 1.29 is 9.53 Å². The van der Waals surface area contributed by atoms with Crippen molar-refractivity contribution in [2.24, 2.45) is 5.92 Å². The Morgan fingerprint density at radius 3 is 2.59 bits per heavy atom. The minimum absolute atomic E-state index is 0.0713. The van der Waals surface area contributed by atoms with Crippen molar-refractivity contribution in [3.63, 3.8) is 0 Å². The second kappa shape index (κ2) is 7.70. The van der Waals surface area contributed by atoms with E-state index in [1.807, 2.05) is 18.2 Å². The molecule has 0 aromatic carbocycles. The first-order valence-corrected chi connectivity index (χ1v) is 8.04. The van der Waals surface area contributed by atoms with Crippen LogP contribution in [0.15, 0.2) is 24.4 Å². The summed E-state index contributed by atoms with van der Waals surface area (Å²) in [6, 6.07) is 5.60. The lowest BCUT2D eigenvalue weighted by atomic mass is 9.99. The molecule has 2 heterocycles. The summed E-state index contributed by atoms with van der Waals surface area (Å²) in [4.78, 5) is 19.1. The Morgan fingerprint density at radius 2 is 2.05 bits per heavy atom. The fourth-order valence-electron chi connectivity index (χ4n) is 3.12. The van der Waals surface area contributed by atoms with E-state index in [4.69, 9.17) is 4.74 Å². The Kier molecular flexibility index (Phi) is 5.91. The van der Waals surface area contributed by atoms with Crippen molar-refractivity contribution in [3.05, 3.63) is 30.1 Å². The van der Waals surface area contributed by atoms with Crippen molar-refractivity contribution in [2.45, 2.75) is 52.5 Å². The molecule has 1 aliphatic rings. The van der Waals surface area contributed by atoms with Gasteiger partial charge in [-0.2, -0.15) is 0 Å². The SMILES string of the molecule is CC1CN(C(C(=O)NCc2ccccn2)C(C)C)CC(C)O1. The van der Waals surface area contributed by atoms with Gasteiger partial charge in [0.15, 0.2) is 0 Å². The van der Waals surface area contributed by atoms with E-state index >= 15 is 0 Å². The fraction of sp³-hybridized carbons (Fsp3) is 0.647. The zero-order chi connectivity index (χ0) is 16.1. The fourth-order valence-corrected chi connectivity index (χ4v) is 3.12. The maximum atomic E-state index is 12.6. The molecule has 1 N–H and O–H groups in total. The molecular formula is C17H27N3O2. The van der Waals surface area contributed by atoms with Crippen molar-refractivity contribution >= 4 is 5.91 Å². The van der Waals surface area contributed by atoms with Crippen molar-refractivity contribution in [3.8, 4) is 0 Å². The number of amides is 1. The quantitative estimate of drug-likeness (QED) is 0.902. The summed E-state index contributed by atoms with van der Waals surface area (Å²) in [5, 5.41) is 3.02. The van der Waals surface area contributed by atoms with Crippen LogP contribution in [-0.2, 0) is 16.1 Å². The van der Waals surface area contributed by atoms with Crippen LogP contribution in [0.25, 0.3) is 0 Å². The Hall–Kier alpha value is -1.46.